The maximum absolute atomic E-state index is 8.35. The second kappa shape index (κ2) is 4.34. The molecule has 1 N–H and O–H groups in total. The van der Waals surface area contributed by atoms with Crippen LogP contribution < -0.4 is 5.49 Å². The molecular weight excluding hydrogens is 248 g/mol. The van der Waals surface area contributed by atoms with E-state index in [1.54, 1.807) is 0 Å². The van der Waals surface area contributed by atoms with Gasteiger partial charge in [-0.2, -0.15) is 0 Å². The molecule has 20 heavy (non-hydrogen) atoms. The van der Waals surface area contributed by atoms with E-state index in [-0.39, 0.29) is 0 Å². The topological polar surface area (TPSA) is 46.6 Å². The van der Waals surface area contributed by atoms with E-state index < -0.39 is 0 Å². The molecule has 102 valence electrons. The highest BCUT2D eigenvalue weighted by molar-refractivity contribution is 5.82. The molecule has 2 aromatic heterocycles. The molecule has 0 aliphatic rings. The first-order valence-corrected chi connectivity index (χ1v) is 6.67. The fourth-order valence-electron chi connectivity index (χ4n) is 2.63. The molecule has 3 rings (SSSR count). The summed E-state index contributed by atoms with van der Waals surface area (Å²) in [4.78, 5) is 4.70. The van der Waals surface area contributed by atoms with Crippen LogP contribution in [0.1, 0.15) is 17.1 Å². The van der Waals surface area contributed by atoms with Crippen LogP contribution in [0.4, 0.5) is 0 Å². The standard InChI is InChI=1S/C16H18N4/c1-10-11(2)20(13-8-6-5-7-9-13)16-14(10)15(17)19(4)12(3)18-16/h5-9,17H,1-4H3. The molecule has 0 spiro atoms. The predicted molar refractivity (Wildman–Crippen MR) is 80.1 cm³/mol. The van der Waals surface area contributed by atoms with Gasteiger partial charge in [-0.3, -0.25) is 9.98 Å². The number of aryl methyl sites for hydroxylation is 2. The van der Waals surface area contributed by atoms with E-state index in [1.807, 2.05) is 36.7 Å². The summed E-state index contributed by atoms with van der Waals surface area (Å²) in [6.45, 7) is 6.08. The van der Waals surface area contributed by atoms with Crippen molar-refractivity contribution >= 4 is 11.0 Å². The first-order chi connectivity index (χ1) is 9.52. The molecule has 4 nitrogen and oxygen atoms in total. The molecule has 0 saturated carbocycles. The minimum Gasteiger partial charge on any atom is -0.318 e. The summed E-state index contributed by atoms with van der Waals surface area (Å²) in [6, 6.07) is 10.2. The lowest BCUT2D eigenvalue weighted by molar-refractivity contribution is 0.759. The van der Waals surface area contributed by atoms with Crippen molar-refractivity contribution in [1.82, 2.24) is 14.1 Å². The van der Waals surface area contributed by atoms with Crippen LogP contribution >= 0.6 is 0 Å². The molecule has 0 amide bonds. The maximum Gasteiger partial charge on any atom is 0.150 e. The maximum atomic E-state index is 8.35. The Kier molecular flexibility index (Phi) is 2.74. The Balaban J connectivity index is 2.52. The molecule has 0 aliphatic carbocycles. The fraction of sp³-hybridized carbons (Fsp3) is 0.250. The molecule has 0 fully saturated rings. The van der Waals surface area contributed by atoms with Crippen molar-refractivity contribution in [3.8, 4) is 5.69 Å². The number of hydrogen-bond donors (Lipinski definition) is 1. The lowest BCUT2D eigenvalue weighted by atomic mass is 10.2. The highest BCUT2D eigenvalue weighted by atomic mass is 15.1. The zero-order valence-electron chi connectivity index (χ0n) is 12.2. The molecule has 0 saturated heterocycles. The second-order valence-electron chi connectivity index (χ2n) is 5.15. The van der Waals surface area contributed by atoms with Gasteiger partial charge in [0, 0.05) is 18.4 Å². The van der Waals surface area contributed by atoms with Crippen LogP contribution in [0.3, 0.4) is 0 Å². The van der Waals surface area contributed by atoms with E-state index in [4.69, 9.17) is 10.4 Å². The summed E-state index contributed by atoms with van der Waals surface area (Å²) in [6.07, 6.45) is 0. The Labute approximate surface area is 117 Å². The van der Waals surface area contributed by atoms with Gasteiger partial charge in [0.15, 0.2) is 5.65 Å². The number of aromatic nitrogens is 3. The van der Waals surface area contributed by atoms with E-state index in [9.17, 15) is 0 Å². The van der Waals surface area contributed by atoms with Gasteiger partial charge in [0.2, 0.25) is 0 Å². The van der Waals surface area contributed by atoms with E-state index >= 15 is 0 Å². The zero-order valence-corrected chi connectivity index (χ0v) is 12.2. The molecule has 0 radical (unpaired) electrons. The summed E-state index contributed by atoms with van der Waals surface area (Å²) >= 11 is 0. The van der Waals surface area contributed by atoms with E-state index in [1.165, 1.54) is 0 Å². The van der Waals surface area contributed by atoms with Crippen molar-refractivity contribution < 1.29 is 0 Å². The van der Waals surface area contributed by atoms with Gasteiger partial charge in [-0.15, -0.1) is 0 Å². The summed E-state index contributed by atoms with van der Waals surface area (Å²) in [5.41, 5.74) is 4.73. The van der Waals surface area contributed by atoms with E-state index in [2.05, 4.69) is 30.5 Å². The van der Waals surface area contributed by atoms with Gasteiger partial charge in [0.05, 0.1) is 5.39 Å². The van der Waals surface area contributed by atoms with Gasteiger partial charge >= 0.3 is 0 Å². The Bertz CT molecular complexity index is 854. The Morgan fingerprint density at radius 3 is 2.35 bits per heavy atom. The molecular formula is C16H18N4. The third-order valence-electron chi connectivity index (χ3n) is 4.03. The van der Waals surface area contributed by atoms with Gasteiger partial charge in [-0.25, -0.2) is 4.98 Å². The minimum absolute atomic E-state index is 0.516. The number of fused-ring (bicyclic) bond motifs is 1. The van der Waals surface area contributed by atoms with Crippen LogP contribution in [0.25, 0.3) is 16.7 Å². The van der Waals surface area contributed by atoms with E-state index in [0.717, 1.165) is 33.8 Å². The van der Waals surface area contributed by atoms with Crippen LogP contribution in [-0.2, 0) is 7.05 Å². The normalized spacial score (nSPS) is 11.2. The molecule has 2 heterocycles. The van der Waals surface area contributed by atoms with Crippen LogP contribution in [0.2, 0.25) is 0 Å². The van der Waals surface area contributed by atoms with Gasteiger partial charge in [-0.05, 0) is 38.5 Å². The number of para-hydroxylation sites is 1. The fourth-order valence-corrected chi connectivity index (χ4v) is 2.63. The first kappa shape index (κ1) is 12.7. The zero-order chi connectivity index (χ0) is 14.4. The highest BCUT2D eigenvalue weighted by Gasteiger charge is 2.16. The van der Waals surface area contributed by atoms with Crippen LogP contribution in [0, 0.1) is 26.2 Å². The Morgan fingerprint density at radius 1 is 1.05 bits per heavy atom. The minimum atomic E-state index is 0.516. The highest BCUT2D eigenvalue weighted by Crippen LogP contribution is 2.25. The van der Waals surface area contributed by atoms with Crippen molar-refractivity contribution in [3.63, 3.8) is 0 Å². The smallest absolute Gasteiger partial charge is 0.150 e. The second-order valence-corrected chi connectivity index (χ2v) is 5.15. The molecule has 4 heteroatoms. The van der Waals surface area contributed by atoms with Crippen molar-refractivity contribution in [2.24, 2.45) is 7.05 Å². The summed E-state index contributed by atoms with van der Waals surface area (Å²) in [5.74, 6) is 0.845. The summed E-state index contributed by atoms with van der Waals surface area (Å²) in [5, 5.41) is 9.28. The van der Waals surface area contributed by atoms with Gasteiger partial charge in [-0.1, -0.05) is 18.2 Å². The average Bonchev–Trinajstić information content (AvgIpc) is 2.69. The third kappa shape index (κ3) is 1.61. The molecule has 0 unspecified atom stereocenters. The van der Waals surface area contributed by atoms with Crippen molar-refractivity contribution in [2.75, 3.05) is 0 Å². The largest absolute Gasteiger partial charge is 0.318 e. The lowest BCUT2D eigenvalue weighted by Crippen LogP contribution is -2.21. The van der Waals surface area contributed by atoms with E-state index in [0.29, 0.717) is 5.49 Å². The van der Waals surface area contributed by atoms with Crippen LogP contribution in [-0.4, -0.2) is 14.1 Å². The monoisotopic (exact) mass is 266 g/mol. The lowest BCUT2D eigenvalue weighted by Gasteiger charge is -2.09. The Morgan fingerprint density at radius 2 is 1.70 bits per heavy atom. The Hall–Kier alpha value is -2.36. The molecule has 0 aliphatic heterocycles. The summed E-state index contributed by atoms with van der Waals surface area (Å²) < 4.78 is 3.96. The number of hydrogen-bond acceptors (Lipinski definition) is 2. The third-order valence-corrected chi connectivity index (χ3v) is 4.03. The number of benzene rings is 1. The van der Waals surface area contributed by atoms with Gasteiger partial charge in [0.1, 0.15) is 11.3 Å². The average molecular weight is 266 g/mol. The predicted octanol–water partition coefficient (Wildman–Crippen LogP) is 2.77. The molecule has 0 bridgehead atoms. The van der Waals surface area contributed by atoms with Crippen LogP contribution in [0.5, 0.6) is 0 Å². The quantitative estimate of drug-likeness (QED) is 0.723. The number of rotatable bonds is 1. The first-order valence-electron chi connectivity index (χ1n) is 6.67. The van der Waals surface area contributed by atoms with Crippen molar-refractivity contribution in [1.29, 1.82) is 5.41 Å². The summed E-state index contributed by atoms with van der Waals surface area (Å²) in [7, 11) is 1.89. The SMILES string of the molecule is Cc1c(C)n(-c2ccccc2)c2nc(C)n(C)c(=N)c12. The number of nitrogens with zero attached hydrogens (tertiary/aromatic N) is 3. The van der Waals surface area contributed by atoms with Crippen LogP contribution in [0.15, 0.2) is 30.3 Å². The van der Waals surface area contributed by atoms with Crippen molar-refractivity contribution in [2.45, 2.75) is 20.8 Å². The molecule has 3 aromatic rings. The molecule has 0 atom stereocenters. The number of nitrogens with one attached hydrogen (secondary N) is 1. The van der Waals surface area contributed by atoms with Crippen molar-refractivity contribution in [3.05, 3.63) is 52.9 Å². The molecule has 1 aromatic carbocycles. The van der Waals surface area contributed by atoms with Gasteiger partial charge in [0.25, 0.3) is 0 Å². The van der Waals surface area contributed by atoms with Gasteiger partial charge < -0.3 is 4.57 Å².